The van der Waals surface area contributed by atoms with E-state index in [4.69, 9.17) is 4.74 Å². The zero-order valence-electron chi connectivity index (χ0n) is 19.0. The third-order valence-corrected chi connectivity index (χ3v) is 7.64. The highest BCUT2D eigenvalue weighted by Gasteiger charge is 2.40. The molecule has 5 heteroatoms. The van der Waals surface area contributed by atoms with Crippen molar-refractivity contribution in [2.75, 3.05) is 20.2 Å². The SMILES string of the molecule is COC(=O)c1nc2ccccc2n1C1CCN(C2(c3ccccc3)CCCCCC2)CC1. The molecule has 0 amide bonds. The van der Waals surface area contributed by atoms with Gasteiger partial charge in [0.25, 0.3) is 0 Å². The summed E-state index contributed by atoms with van der Waals surface area (Å²) in [6, 6.07) is 19.5. The number of hydrogen-bond donors (Lipinski definition) is 0. The number of nitrogens with zero attached hydrogens (tertiary/aromatic N) is 3. The first-order chi connectivity index (χ1) is 15.7. The van der Waals surface area contributed by atoms with E-state index in [2.05, 4.69) is 50.8 Å². The molecule has 2 aliphatic rings. The van der Waals surface area contributed by atoms with E-state index in [-0.39, 0.29) is 17.6 Å². The van der Waals surface area contributed by atoms with E-state index in [1.54, 1.807) is 0 Å². The quantitative estimate of drug-likeness (QED) is 0.392. The van der Waals surface area contributed by atoms with E-state index in [1.165, 1.54) is 51.2 Å². The van der Waals surface area contributed by atoms with E-state index >= 15 is 0 Å². The second-order valence-corrected chi connectivity index (χ2v) is 9.32. The van der Waals surface area contributed by atoms with Gasteiger partial charge in [-0.2, -0.15) is 0 Å². The van der Waals surface area contributed by atoms with Gasteiger partial charge in [-0.25, -0.2) is 9.78 Å². The minimum atomic E-state index is -0.354. The third-order valence-electron chi connectivity index (χ3n) is 7.64. The lowest BCUT2D eigenvalue weighted by atomic mass is 9.79. The van der Waals surface area contributed by atoms with Gasteiger partial charge in [0.1, 0.15) is 0 Å². The Morgan fingerprint density at radius 1 is 0.938 bits per heavy atom. The molecule has 2 heterocycles. The molecule has 1 saturated heterocycles. The van der Waals surface area contributed by atoms with Crippen LogP contribution < -0.4 is 0 Å². The fourth-order valence-electron chi connectivity index (χ4n) is 6.05. The van der Waals surface area contributed by atoms with Crippen LogP contribution in [0.5, 0.6) is 0 Å². The molecule has 2 fully saturated rings. The van der Waals surface area contributed by atoms with Crippen LogP contribution >= 0.6 is 0 Å². The topological polar surface area (TPSA) is 47.4 Å². The van der Waals surface area contributed by atoms with Gasteiger partial charge in [-0.3, -0.25) is 4.90 Å². The molecule has 2 aromatic carbocycles. The van der Waals surface area contributed by atoms with E-state index in [0.717, 1.165) is 37.0 Å². The summed E-state index contributed by atoms with van der Waals surface area (Å²) in [5.74, 6) is 0.0764. The molecule has 1 aromatic heterocycles. The van der Waals surface area contributed by atoms with Crippen molar-refractivity contribution in [2.45, 2.75) is 62.9 Å². The maximum Gasteiger partial charge on any atom is 0.374 e. The van der Waals surface area contributed by atoms with Crippen molar-refractivity contribution in [2.24, 2.45) is 0 Å². The van der Waals surface area contributed by atoms with Crippen molar-refractivity contribution in [1.29, 1.82) is 0 Å². The van der Waals surface area contributed by atoms with Gasteiger partial charge in [0.15, 0.2) is 0 Å². The second-order valence-electron chi connectivity index (χ2n) is 9.32. The number of piperidine rings is 1. The van der Waals surface area contributed by atoms with Crippen LogP contribution in [-0.2, 0) is 10.3 Å². The Morgan fingerprint density at radius 2 is 1.59 bits per heavy atom. The van der Waals surface area contributed by atoms with Gasteiger partial charge in [-0.15, -0.1) is 0 Å². The third kappa shape index (κ3) is 3.73. The number of esters is 1. The Labute approximate surface area is 190 Å². The van der Waals surface area contributed by atoms with Crippen LogP contribution in [0.15, 0.2) is 54.6 Å². The lowest BCUT2D eigenvalue weighted by Gasteiger charge is -2.48. The molecule has 5 rings (SSSR count). The lowest BCUT2D eigenvalue weighted by Crippen LogP contribution is -2.50. The number of rotatable bonds is 4. The fourth-order valence-corrected chi connectivity index (χ4v) is 6.05. The van der Waals surface area contributed by atoms with Crippen molar-refractivity contribution >= 4 is 17.0 Å². The molecular weight excluding hydrogens is 398 g/mol. The lowest BCUT2D eigenvalue weighted by molar-refractivity contribution is 0.0344. The van der Waals surface area contributed by atoms with Gasteiger partial charge >= 0.3 is 5.97 Å². The minimum Gasteiger partial charge on any atom is -0.463 e. The Kier molecular flexibility index (Phi) is 6.01. The normalized spacial score (nSPS) is 20.2. The van der Waals surface area contributed by atoms with Gasteiger partial charge in [-0.05, 0) is 43.4 Å². The van der Waals surface area contributed by atoms with E-state index < -0.39 is 0 Å². The van der Waals surface area contributed by atoms with Crippen molar-refractivity contribution in [3.05, 3.63) is 66.0 Å². The average molecular weight is 432 g/mol. The molecule has 1 aliphatic carbocycles. The molecule has 0 spiro atoms. The van der Waals surface area contributed by atoms with Gasteiger partial charge in [0.05, 0.1) is 18.1 Å². The average Bonchev–Trinajstić information content (AvgIpc) is 3.06. The highest BCUT2D eigenvalue weighted by Crippen LogP contribution is 2.44. The molecule has 0 radical (unpaired) electrons. The molecule has 168 valence electrons. The van der Waals surface area contributed by atoms with Crippen molar-refractivity contribution in [3.63, 3.8) is 0 Å². The molecule has 0 bridgehead atoms. The number of fused-ring (bicyclic) bond motifs is 1. The van der Waals surface area contributed by atoms with Crippen molar-refractivity contribution in [3.8, 4) is 0 Å². The van der Waals surface area contributed by atoms with Gasteiger partial charge in [-0.1, -0.05) is 68.1 Å². The van der Waals surface area contributed by atoms with Crippen LogP contribution in [0.3, 0.4) is 0 Å². The van der Waals surface area contributed by atoms with Crippen LogP contribution in [0, 0.1) is 0 Å². The van der Waals surface area contributed by atoms with Gasteiger partial charge in [0.2, 0.25) is 5.82 Å². The van der Waals surface area contributed by atoms with Gasteiger partial charge in [0, 0.05) is 24.7 Å². The predicted molar refractivity (Wildman–Crippen MR) is 127 cm³/mol. The first kappa shape index (κ1) is 21.2. The highest BCUT2D eigenvalue weighted by atomic mass is 16.5. The molecule has 1 aliphatic heterocycles. The second kappa shape index (κ2) is 9.07. The molecule has 1 saturated carbocycles. The number of methoxy groups -OCH3 is 1. The van der Waals surface area contributed by atoms with Gasteiger partial charge < -0.3 is 9.30 Å². The van der Waals surface area contributed by atoms with Crippen molar-refractivity contribution < 1.29 is 9.53 Å². The maximum atomic E-state index is 12.5. The fraction of sp³-hybridized carbons (Fsp3) is 0.481. The van der Waals surface area contributed by atoms with Crippen LogP contribution in [-0.4, -0.2) is 40.6 Å². The predicted octanol–water partition coefficient (Wildman–Crippen LogP) is 5.71. The zero-order chi connectivity index (χ0) is 22.0. The summed E-state index contributed by atoms with van der Waals surface area (Å²) < 4.78 is 7.21. The summed E-state index contributed by atoms with van der Waals surface area (Å²) >= 11 is 0. The Hall–Kier alpha value is -2.66. The Morgan fingerprint density at radius 3 is 2.28 bits per heavy atom. The summed E-state index contributed by atoms with van der Waals surface area (Å²) in [4.78, 5) is 19.9. The number of hydrogen-bond acceptors (Lipinski definition) is 4. The number of imidazole rings is 1. The highest BCUT2D eigenvalue weighted by molar-refractivity contribution is 5.91. The monoisotopic (exact) mass is 431 g/mol. The van der Waals surface area contributed by atoms with Crippen LogP contribution in [0.2, 0.25) is 0 Å². The summed E-state index contributed by atoms with van der Waals surface area (Å²) in [6.07, 6.45) is 9.79. The molecule has 0 atom stereocenters. The van der Waals surface area contributed by atoms with E-state index in [9.17, 15) is 4.79 Å². The first-order valence-corrected chi connectivity index (χ1v) is 12.1. The van der Waals surface area contributed by atoms with Crippen LogP contribution in [0.4, 0.5) is 0 Å². The summed E-state index contributed by atoms with van der Waals surface area (Å²) in [5, 5.41) is 0. The molecule has 3 aromatic rings. The summed E-state index contributed by atoms with van der Waals surface area (Å²) in [6.45, 7) is 2.07. The summed E-state index contributed by atoms with van der Waals surface area (Å²) in [5.41, 5.74) is 3.51. The Balaban J connectivity index is 1.44. The number of ether oxygens (including phenoxy) is 1. The number of carbonyl (C=O) groups excluding carboxylic acids is 1. The number of carbonyl (C=O) groups is 1. The van der Waals surface area contributed by atoms with E-state index in [0.29, 0.717) is 5.82 Å². The Bertz CT molecular complexity index is 1060. The molecule has 0 unspecified atom stereocenters. The summed E-state index contributed by atoms with van der Waals surface area (Å²) in [7, 11) is 1.43. The largest absolute Gasteiger partial charge is 0.463 e. The first-order valence-electron chi connectivity index (χ1n) is 12.1. The number of para-hydroxylation sites is 2. The molecule has 5 nitrogen and oxygen atoms in total. The van der Waals surface area contributed by atoms with Crippen LogP contribution in [0.1, 0.15) is 73.6 Å². The molecule has 0 N–H and O–H groups in total. The smallest absolute Gasteiger partial charge is 0.374 e. The van der Waals surface area contributed by atoms with Crippen molar-refractivity contribution in [1.82, 2.24) is 14.5 Å². The minimum absolute atomic E-state index is 0.144. The number of likely N-dealkylation sites (tertiary alicyclic amines) is 1. The number of benzene rings is 2. The number of aromatic nitrogens is 2. The molecular formula is C27H33N3O2. The van der Waals surface area contributed by atoms with Crippen LogP contribution in [0.25, 0.3) is 11.0 Å². The standard InChI is InChI=1S/C27H33N3O2/c1-32-26(31)25-28-23-13-7-8-14-24(23)30(25)22-15-19-29(20-16-22)27(17-9-2-3-10-18-27)21-11-5-4-6-12-21/h4-8,11-14,22H,2-3,9-10,15-20H2,1H3. The zero-order valence-corrected chi connectivity index (χ0v) is 19.0. The molecule has 32 heavy (non-hydrogen) atoms. The van der Waals surface area contributed by atoms with E-state index in [1.807, 2.05) is 18.2 Å². The maximum absolute atomic E-state index is 12.5.